The number of aliphatic hydroxyl groups is 1. The summed E-state index contributed by atoms with van der Waals surface area (Å²) in [6.45, 7) is 15.3. The van der Waals surface area contributed by atoms with E-state index in [4.69, 9.17) is 14.2 Å². The second-order valence-corrected chi connectivity index (χ2v) is 12.4. The van der Waals surface area contributed by atoms with Gasteiger partial charge in [-0.1, -0.05) is 57.7 Å². The van der Waals surface area contributed by atoms with Crippen LogP contribution in [0.25, 0.3) is 6.08 Å². The van der Waals surface area contributed by atoms with Crippen molar-refractivity contribution in [3.63, 3.8) is 0 Å². The molecule has 3 aliphatic rings. The van der Waals surface area contributed by atoms with E-state index in [2.05, 4.69) is 20.4 Å². The van der Waals surface area contributed by atoms with Crippen LogP contribution in [0, 0.1) is 22.7 Å². The lowest BCUT2D eigenvalue weighted by molar-refractivity contribution is -0.169. The van der Waals surface area contributed by atoms with Gasteiger partial charge in [0.1, 0.15) is 18.3 Å². The lowest BCUT2D eigenvalue weighted by Gasteiger charge is -2.57. The molecule has 2 bridgehead atoms. The number of benzene rings is 1. The van der Waals surface area contributed by atoms with E-state index in [0.29, 0.717) is 25.7 Å². The predicted octanol–water partition coefficient (Wildman–Crippen LogP) is 5.57. The molecule has 3 aliphatic carbocycles. The molecule has 2 saturated carbocycles. The third-order valence-electron chi connectivity index (χ3n) is 9.56. The number of rotatable bonds is 5. The van der Waals surface area contributed by atoms with Gasteiger partial charge in [0.25, 0.3) is 0 Å². The van der Waals surface area contributed by atoms with Crippen LogP contribution in [0.15, 0.2) is 59.7 Å². The smallest absolute Gasteiger partial charge is 0.331 e. The summed E-state index contributed by atoms with van der Waals surface area (Å²) in [6.07, 6.45) is 2.56. The van der Waals surface area contributed by atoms with E-state index < -0.39 is 47.2 Å². The van der Waals surface area contributed by atoms with Crippen LogP contribution in [-0.4, -0.2) is 47.4 Å². The maximum Gasteiger partial charge on any atom is 0.331 e. The molecule has 0 radical (unpaired) electrons. The van der Waals surface area contributed by atoms with Crippen LogP contribution in [0.2, 0.25) is 0 Å². The highest BCUT2D eigenvalue weighted by atomic mass is 16.6. The molecule has 2 fully saturated rings. The summed E-state index contributed by atoms with van der Waals surface area (Å²) >= 11 is 0. The van der Waals surface area contributed by atoms with Gasteiger partial charge < -0.3 is 19.3 Å². The summed E-state index contributed by atoms with van der Waals surface area (Å²) in [7, 11) is 0. The number of hydrogen-bond acceptors (Lipinski definition) is 7. The van der Waals surface area contributed by atoms with Crippen LogP contribution in [0.4, 0.5) is 0 Å². The SMILES string of the molecule is C=C1C(OC(=O)C=Cc2ccccc2)CCC2(C)C1CC1CC(OC(C)=O)C(C)=C(C(OC(C)=O)C2O)C1(C)C. The molecule has 0 amide bonds. The number of fused-ring (bicyclic) bond motifs is 3. The minimum absolute atomic E-state index is 0.0367. The van der Waals surface area contributed by atoms with Crippen LogP contribution in [0.3, 0.4) is 0 Å². The van der Waals surface area contributed by atoms with Crippen molar-refractivity contribution < 1.29 is 33.7 Å². The van der Waals surface area contributed by atoms with Crippen LogP contribution in [0.1, 0.15) is 72.8 Å². The molecule has 1 aromatic rings. The van der Waals surface area contributed by atoms with Gasteiger partial charge in [0.15, 0.2) is 6.10 Å². The van der Waals surface area contributed by atoms with Crippen molar-refractivity contribution in [2.75, 3.05) is 0 Å². The highest BCUT2D eigenvalue weighted by molar-refractivity contribution is 5.87. The molecule has 7 heteroatoms. The molecule has 0 aliphatic heterocycles. The van der Waals surface area contributed by atoms with Crippen LogP contribution >= 0.6 is 0 Å². The Bertz CT molecular complexity index is 1230. The Balaban J connectivity index is 1.68. The van der Waals surface area contributed by atoms with Crippen molar-refractivity contribution in [2.45, 2.75) is 91.6 Å². The molecule has 0 spiro atoms. The van der Waals surface area contributed by atoms with Crippen molar-refractivity contribution in [1.82, 2.24) is 0 Å². The minimum Gasteiger partial charge on any atom is -0.458 e. The summed E-state index contributed by atoms with van der Waals surface area (Å²) in [5, 5.41) is 12.0. The highest BCUT2D eigenvalue weighted by Crippen LogP contribution is 2.59. The summed E-state index contributed by atoms with van der Waals surface area (Å²) in [5.74, 6) is -1.50. The molecule has 7 nitrogen and oxygen atoms in total. The third kappa shape index (κ3) is 5.67. The summed E-state index contributed by atoms with van der Waals surface area (Å²) < 4.78 is 17.5. The summed E-state index contributed by atoms with van der Waals surface area (Å²) in [5.41, 5.74) is 2.18. The molecule has 0 saturated heterocycles. The van der Waals surface area contributed by atoms with Gasteiger partial charge >= 0.3 is 17.9 Å². The molecule has 4 rings (SSSR count). The Morgan fingerprint density at radius 1 is 0.975 bits per heavy atom. The highest BCUT2D eigenvalue weighted by Gasteiger charge is 2.58. The third-order valence-corrected chi connectivity index (χ3v) is 9.56. The lowest BCUT2D eigenvalue weighted by atomic mass is 9.50. The fourth-order valence-corrected chi connectivity index (χ4v) is 7.31. The Hall–Kier alpha value is -3.19. The van der Waals surface area contributed by atoms with Gasteiger partial charge in [-0.05, 0) is 78.2 Å². The van der Waals surface area contributed by atoms with E-state index in [1.165, 1.54) is 19.9 Å². The van der Waals surface area contributed by atoms with Crippen molar-refractivity contribution in [2.24, 2.45) is 22.7 Å². The standard InChI is InChI=1S/C33H42O7/c1-19-25-17-24-18-27(38-21(3)34)20(2)29(32(24,5)6)30(39-22(4)35)31(37)33(25,7)16-15-26(19)40-28(36)14-13-23-11-9-8-10-12-23/h8-14,24-27,30-31,37H,1,15-18H2,2-7H3. The zero-order valence-corrected chi connectivity index (χ0v) is 24.4. The van der Waals surface area contributed by atoms with E-state index in [0.717, 1.165) is 22.3 Å². The first-order chi connectivity index (χ1) is 18.8. The molecule has 1 N–H and O–H groups in total. The average molecular weight is 551 g/mol. The predicted molar refractivity (Wildman–Crippen MR) is 152 cm³/mol. The van der Waals surface area contributed by atoms with E-state index in [1.54, 1.807) is 6.08 Å². The van der Waals surface area contributed by atoms with Gasteiger partial charge in [0, 0.05) is 25.3 Å². The van der Waals surface area contributed by atoms with Crippen LogP contribution in [-0.2, 0) is 28.6 Å². The van der Waals surface area contributed by atoms with Crippen LogP contribution < -0.4 is 0 Å². The number of ether oxygens (including phenoxy) is 3. The van der Waals surface area contributed by atoms with Crippen molar-refractivity contribution in [1.29, 1.82) is 0 Å². The van der Waals surface area contributed by atoms with E-state index in [1.807, 2.05) is 44.2 Å². The molecule has 0 heterocycles. The lowest BCUT2D eigenvalue weighted by Crippen LogP contribution is -2.58. The first kappa shape index (κ1) is 29.8. The largest absolute Gasteiger partial charge is 0.458 e. The van der Waals surface area contributed by atoms with Gasteiger partial charge in [0.2, 0.25) is 0 Å². The molecule has 216 valence electrons. The first-order valence-corrected chi connectivity index (χ1v) is 14.1. The fourth-order valence-electron chi connectivity index (χ4n) is 7.31. The monoisotopic (exact) mass is 550 g/mol. The number of esters is 3. The van der Waals surface area contributed by atoms with E-state index in [9.17, 15) is 19.5 Å². The maximum atomic E-state index is 12.8. The van der Waals surface area contributed by atoms with Gasteiger partial charge in [-0.25, -0.2) is 4.79 Å². The number of carbonyl (C=O) groups is 3. The van der Waals surface area contributed by atoms with Gasteiger partial charge in [-0.15, -0.1) is 0 Å². The maximum absolute atomic E-state index is 12.8. The first-order valence-electron chi connectivity index (χ1n) is 14.1. The van der Waals surface area contributed by atoms with Gasteiger partial charge in [-0.2, -0.15) is 0 Å². The molecular weight excluding hydrogens is 508 g/mol. The Morgan fingerprint density at radius 3 is 2.25 bits per heavy atom. The van der Waals surface area contributed by atoms with E-state index in [-0.39, 0.29) is 17.8 Å². The second kappa shape index (κ2) is 11.4. The normalized spacial score (nSPS) is 33.4. The molecule has 40 heavy (non-hydrogen) atoms. The average Bonchev–Trinajstić information content (AvgIpc) is 2.88. The topological polar surface area (TPSA) is 99.1 Å². The summed E-state index contributed by atoms with van der Waals surface area (Å²) in [6, 6.07) is 9.53. The Morgan fingerprint density at radius 2 is 1.62 bits per heavy atom. The van der Waals surface area contributed by atoms with Crippen LogP contribution in [0.5, 0.6) is 0 Å². The summed E-state index contributed by atoms with van der Waals surface area (Å²) in [4.78, 5) is 37.1. The Labute approximate surface area is 237 Å². The second-order valence-electron chi connectivity index (χ2n) is 12.4. The molecule has 7 atom stereocenters. The van der Waals surface area contributed by atoms with Gasteiger partial charge in [-0.3, -0.25) is 9.59 Å². The fraction of sp³-hybridized carbons (Fsp3) is 0.545. The Kier molecular flexibility index (Phi) is 8.46. The number of carbonyl (C=O) groups excluding carboxylic acids is 3. The zero-order chi connectivity index (χ0) is 29.4. The van der Waals surface area contributed by atoms with Crippen molar-refractivity contribution in [3.05, 3.63) is 65.3 Å². The van der Waals surface area contributed by atoms with Crippen molar-refractivity contribution >= 4 is 24.0 Å². The molecular formula is C33H42O7. The molecule has 1 aromatic carbocycles. The number of aliphatic hydroxyl groups excluding tert-OH is 1. The van der Waals surface area contributed by atoms with E-state index >= 15 is 0 Å². The number of hydrogen-bond donors (Lipinski definition) is 1. The molecule has 0 aromatic heterocycles. The van der Waals surface area contributed by atoms with Gasteiger partial charge in [0.05, 0.1) is 0 Å². The van der Waals surface area contributed by atoms with Crippen molar-refractivity contribution in [3.8, 4) is 0 Å². The quantitative estimate of drug-likeness (QED) is 0.221. The molecule has 7 unspecified atom stereocenters. The zero-order valence-electron chi connectivity index (χ0n) is 24.4. The minimum atomic E-state index is -1.03.